The molecule has 0 fully saturated rings. The summed E-state index contributed by atoms with van der Waals surface area (Å²) in [6, 6.07) is 0. The minimum atomic E-state index is 0. The quantitative estimate of drug-likeness (QED) is 0.376. The molecule has 0 bridgehead atoms. The molecule has 0 aromatic heterocycles. The zero-order valence-corrected chi connectivity index (χ0v) is 16.6. The van der Waals surface area contributed by atoms with Crippen molar-refractivity contribution in [3.05, 3.63) is 36.0 Å². The Morgan fingerprint density at radius 2 is 1.00 bits per heavy atom. The molecule has 0 aromatic carbocycles. The first kappa shape index (κ1) is 33.2. The Morgan fingerprint density at radius 1 is 0.739 bits per heavy atom. The zero-order valence-electron chi connectivity index (χ0n) is 14.3. The Bertz CT molecular complexity index is 286. The summed E-state index contributed by atoms with van der Waals surface area (Å²) >= 11 is 0. The van der Waals surface area contributed by atoms with Crippen molar-refractivity contribution in [3.63, 3.8) is 0 Å². The standard InChI is InChI=1S/2C7H13NO.2CN.Pt/c2*1-7(2)9-6-4-5-8-3;2*1-2;/h2*7H,4-6H2,1-2H3;;;/q;;2*-1;+2. The van der Waals surface area contributed by atoms with Gasteiger partial charge in [0.15, 0.2) is 0 Å². The van der Waals surface area contributed by atoms with Crippen LogP contribution in [0.1, 0.15) is 40.5 Å². The molecule has 0 atom stereocenters. The predicted octanol–water partition coefficient (Wildman–Crippen LogP) is 3.63. The molecule has 0 aliphatic rings. The van der Waals surface area contributed by atoms with E-state index in [4.69, 9.17) is 46.3 Å². The molecule has 132 valence electrons. The van der Waals surface area contributed by atoms with E-state index in [-0.39, 0.29) is 21.1 Å². The Kier molecular flexibility index (Phi) is 53.6. The van der Waals surface area contributed by atoms with E-state index < -0.39 is 0 Å². The molecule has 0 aliphatic heterocycles. The maximum Gasteiger partial charge on any atom is 2.00 e. The smallest absolute Gasteiger partial charge is 0.512 e. The molecule has 0 unspecified atom stereocenters. The van der Waals surface area contributed by atoms with Gasteiger partial charge in [0, 0.05) is 12.8 Å². The van der Waals surface area contributed by atoms with E-state index in [1.165, 1.54) is 0 Å². The van der Waals surface area contributed by atoms with Crippen LogP contribution in [0.3, 0.4) is 0 Å². The first-order chi connectivity index (χ1) is 10.5. The van der Waals surface area contributed by atoms with Crippen molar-refractivity contribution in [2.24, 2.45) is 0 Å². The predicted molar refractivity (Wildman–Crippen MR) is 84.3 cm³/mol. The maximum absolute atomic E-state index is 6.46. The summed E-state index contributed by atoms with van der Waals surface area (Å²) < 4.78 is 10.4. The Morgan fingerprint density at radius 3 is 1.17 bits per heavy atom. The summed E-state index contributed by atoms with van der Waals surface area (Å²) in [6.07, 6.45) is 2.33. The summed E-state index contributed by atoms with van der Waals surface area (Å²) in [5, 5.41) is 12.5. The molecule has 0 amide bonds. The summed E-state index contributed by atoms with van der Waals surface area (Å²) in [5.41, 5.74) is 0. The molecule has 0 N–H and O–H groups in total. The fourth-order valence-corrected chi connectivity index (χ4v) is 0.925. The van der Waals surface area contributed by atoms with Crippen molar-refractivity contribution in [2.45, 2.75) is 52.7 Å². The number of ether oxygens (including phenoxy) is 2. The van der Waals surface area contributed by atoms with Gasteiger partial charge in [0.25, 0.3) is 0 Å². The van der Waals surface area contributed by atoms with Crippen LogP contribution < -0.4 is 0 Å². The van der Waals surface area contributed by atoms with Gasteiger partial charge in [-0.2, -0.15) is 0 Å². The molecular weight excluding hydrogens is 475 g/mol. The van der Waals surface area contributed by atoms with E-state index >= 15 is 0 Å². The van der Waals surface area contributed by atoms with Gasteiger partial charge in [-0.05, 0) is 27.7 Å². The molecule has 0 rings (SSSR count). The van der Waals surface area contributed by atoms with Gasteiger partial charge in [0.2, 0.25) is 13.1 Å². The minimum absolute atomic E-state index is 0. The van der Waals surface area contributed by atoms with Crippen LogP contribution in [-0.4, -0.2) is 38.5 Å². The van der Waals surface area contributed by atoms with Crippen molar-refractivity contribution in [3.8, 4) is 0 Å². The second-order valence-electron chi connectivity index (χ2n) is 4.31. The minimum Gasteiger partial charge on any atom is -0.512 e. The third-order valence-corrected chi connectivity index (χ3v) is 1.73. The molecular formula is C16H26N4O2Pt. The van der Waals surface area contributed by atoms with E-state index in [1.54, 1.807) is 0 Å². The Balaban J connectivity index is -0.0000000743. The van der Waals surface area contributed by atoms with Gasteiger partial charge >= 0.3 is 21.1 Å². The molecule has 0 saturated heterocycles. The molecule has 0 aliphatic carbocycles. The molecule has 7 heteroatoms. The molecule has 0 radical (unpaired) electrons. The van der Waals surface area contributed by atoms with Crippen LogP contribution in [-0.2, 0) is 30.5 Å². The van der Waals surface area contributed by atoms with E-state index in [2.05, 4.69) is 9.69 Å². The van der Waals surface area contributed by atoms with E-state index in [0.717, 1.165) is 26.1 Å². The third kappa shape index (κ3) is 63.5. The van der Waals surface area contributed by atoms with Crippen LogP contribution in [0.2, 0.25) is 0 Å². The summed E-state index contributed by atoms with van der Waals surface area (Å²) in [7, 11) is 0. The zero-order chi connectivity index (χ0) is 18.2. The Labute approximate surface area is 156 Å². The van der Waals surface area contributed by atoms with Gasteiger partial charge < -0.3 is 42.8 Å². The number of hydrogen-bond acceptors (Lipinski definition) is 4. The average molecular weight is 501 g/mol. The monoisotopic (exact) mass is 501 g/mol. The molecule has 6 nitrogen and oxygen atoms in total. The first-order valence-corrected chi connectivity index (χ1v) is 6.89. The third-order valence-electron chi connectivity index (χ3n) is 1.73. The van der Waals surface area contributed by atoms with Crippen LogP contribution in [0.4, 0.5) is 0 Å². The van der Waals surface area contributed by atoms with Gasteiger partial charge in [-0.25, -0.2) is 13.1 Å². The van der Waals surface area contributed by atoms with Gasteiger partial charge in [0.1, 0.15) is 0 Å². The van der Waals surface area contributed by atoms with Crippen LogP contribution in [0, 0.1) is 36.8 Å². The van der Waals surface area contributed by atoms with Crippen LogP contribution in [0.25, 0.3) is 9.69 Å². The van der Waals surface area contributed by atoms with Gasteiger partial charge in [-0.3, -0.25) is 0 Å². The fraction of sp³-hybridized carbons (Fsp3) is 0.750. The van der Waals surface area contributed by atoms with Crippen molar-refractivity contribution in [1.82, 2.24) is 0 Å². The van der Waals surface area contributed by atoms with Crippen molar-refractivity contribution < 1.29 is 30.5 Å². The van der Waals surface area contributed by atoms with Crippen molar-refractivity contribution >= 4 is 0 Å². The van der Waals surface area contributed by atoms with Crippen molar-refractivity contribution in [1.29, 1.82) is 10.5 Å². The van der Waals surface area contributed by atoms with Gasteiger partial charge in [-0.15, -0.1) is 0 Å². The topological polar surface area (TPSA) is 74.8 Å². The maximum atomic E-state index is 6.46. The van der Waals surface area contributed by atoms with E-state index in [0.29, 0.717) is 25.3 Å². The van der Waals surface area contributed by atoms with E-state index in [9.17, 15) is 0 Å². The molecule has 0 spiro atoms. The van der Waals surface area contributed by atoms with Gasteiger partial charge in [0.05, 0.1) is 25.4 Å². The Hall–Kier alpha value is -1.43. The summed E-state index contributed by atoms with van der Waals surface area (Å²) in [4.78, 5) is 6.41. The fourth-order valence-electron chi connectivity index (χ4n) is 0.925. The molecule has 0 heterocycles. The number of rotatable bonds is 8. The SMILES string of the molecule is [C-]#N.[C-]#N.[C-]#[N+]CCCOC(C)C.[C-]#[N+]CCCOC(C)C.[Pt+2]. The largest absolute Gasteiger partial charge is 2.00 e. The van der Waals surface area contributed by atoms with E-state index in [1.807, 2.05) is 27.7 Å². The van der Waals surface area contributed by atoms with Crippen molar-refractivity contribution in [2.75, 3.05) is 26.3 Å². The number of hydrogen-bond donors (Lipinski definition) is 0. The van der Waals surface area contributed by atoms with Gasteiger partial charge in [-0.1, -0.05) is 0 Å². The normalized spacial score (nSPS) is 7.65. The average Bonchev–Trinajstić information content (AvgIpc) is 2.52. The molecule has 23 heavy (non-hydrogen) atoms. The second-order valence-corrected chi connectivity index (χ2v) is 4.31. The van der Waals surface area contributed by atoms with Crippen LogP contribution >= 0.6 is 0 Å². The summed E-state index contributed by atoms with van der Waals surface area (Å²) in [6.45, 7) is 33.0. The van der Waals surface area contributed by atoms with Crippen LogP contribution in [0.5, 0.6) is 0 Å². The summed E-state index contributed by atoms with van der Waals surface area (Å²) in [5.74, 6) is 0. The van der Waals surface area contributed by atoms with Crippen LogP contribution in [0.15, 0.2) is 0 Å². The number of nitrogens with zero attached hydrogens (tertiary/aromatic N) is 4. The second kappa shape index (κ2) is 37.1. The first-order valence-electron chi connectivity index (χ1n) is 6.89. The molecule has 0 aromatic rings. The molecule has 0 saturated carbocycles.